The molecule has 0 saturated heterocycles. The van der Waals surface area contributed by atoms with Crippen LogP contribution in [0.3, 0.4) is 0 Å². The summed E-state index contributed by atoms with van der Waals surface area (Å²) < 4.78 is 16.6. The summed E-state index contributed by atoms with van der Waals surface area (Å²) in [6, 6.07) is 20.7. The molecule has 0 radical (unpaired) electrons. The average Bonchev–Trinajstić information content (AvgIpc) is 2.89. The van der Waals surface area contributed by atoms with Gasteiger partial charge in [-0.3, -0.25) is 0 Å². The van der Waals surface area contributed by atoms with E-state index < -0.39 is 0 Å². The molecule has 0 bridgehead atoms. The van der Waals surface area contributed by atoms with Crippen LogP contribution in [-0.2, 0) is 6.42 Å². The molecule has 3 aromatic carbocycles. The molecule has 0 heterocycles. The first-order chi connectivity index (χ1) is 13.2. The fourth-order valence-electron chi connectivity index (χ4n) is 3.64. The molecular formula is C24H22O3. The van der Waals surface area contributed by atoms with E-state index in [4.69, 9.17) is 14.2 Å². The van der Waals surface area contributed by atoms with Crippen molar-refractivity contribution in [3.8, 4) is 17.2 Å². The van der Waals surface area contributed by atoms with Crippen molar-refractivity contribution >= 4 is 11.6 Å². The largest absolute Gasteiger partial charge is 0.497 e. The third-order valence-corrected chi connectivity index (χ3v) is 5.02. The van der Waals surface area contributed by atoms with Crippen LogP contribution in [0, 0.1) is 0 Å². The number of hydrogen-bond acceptors (Lipinski definition) is 3. The van der Waals surface area contributed by atoms with Gasteiger partial charge in [0.25, 0.3) is 0 Å². The van der Waals surface area contributed by atoms with Crippen molar-refractivity contribution in [3.63, 3.8) is 0 Å². The average molecular weight is 358 g/mol. The third-order valence-electron chi connectivity index (χ3n) is 5.02. The number of fused-ring (bicyclic) bond motifs is 2. The van der Waals surface area contributed by atoms with Crippen molar-refractivity contribution in [2.45, 2.75) is 6.42 Å². The van der Waals surface area contributed by atoms with Gasteiger partial charge in [0.15, 0.2) is 0 Å². The van der Waals surface area contributed by atoms with E-state index in [2.05, 4.69) is 48.5 Å². The molecule has 0 amide bonds. The van der Waals surface area contributed by atoms with Crippen molar-refractivity contribution in [2.75, 3.05) is 21.3 Å². The zero-order valence-electron chi connectivity index (χ0n) is 15.8. The van der Waals surface area contributed by atoms with Gasteiger partial charge >= 0.3 is 0 Å². The smallest absolute Gasteiger partial charge is 0.130 e. The molecule has 0 unspecified atom stereocenters. The Morgan fingerprint density at radius 2 is 1.44 bits per heavy atom. The van der Waals surface area contributed by atoms with E-state index in [9.17, 15) is 0 Å². The van der Waals surface area contributed by atoms with Crippen molar-refractivity contribution in [3.05, 3.63) is 88.5 Å². The summed E-state index contributed by atoms with van der Waals surface area (Å²) in [7, 11) is 5.07. The van der Waals surface area contributed by atoms with Crippen LogP contribution in [0.1, 0.15) is 27.8 Å². The molecule has 0 N–H and O–H groups in total. The van der Waals surface area contributed by atoms with Crippen molar-refractivity contribution < 1.29 is 14.2 Å². The summed E-state index contributed by atoms with van der Waals surface area (Å²) in [4.78, 5) is 0. The molecule has 3 heteroatoms. The molecule has 4 rings (SSSR count). The first kappa shape index (κ1) is 17.2. The molecule has 1 aliphatic carbocycles. The Labute approximate surface area is 159 Å². The zero-order valence-corrected chi connectivity index (χ0v) is 15.8. The van der Waals surface area contributed by atoms with Gasteiger partial charge < -0.3 is 14.2 Å². The molecule has 27 heavy (non-hydrogen) atoms. The van der Waals surface area contributed by atoms with Crippen LogP contribution in [0.25, 0.3) is 11.6 Å². The lowest BCUT2D eigenvalue weighted by molar-refractivity contribution is 0.393. The quantitative estimate of drug-likeness (QED) is 0.501. The summed E-state index contributed by atoms with van der Waals surface area (Å²) in [5.74, 6) is 2.47. The second kappa shape index (κ2) is 7.20. The molecule has 0 atom stereocenters. The van der Waals surface area contributed by atoms with Gasteiger partial charge in [-0.15, -0.1) is 0 Å². The highest BCUT2D eigenvalue weighted by Gasteiger charge is 2.21. The van der Waals surface area contributed by atoms with E-state index >= 15 is 0 Å². The Kier molecular flexibility index (Phi) is 4.59. The maximum absolute atomic E-state index is 5.76. The summed E-state index contributed by atoms with van der Waals surface area (Å²) >= 11 is 0. The fourth-order valence-corrected chi connectivity index (χ4v) is 3.64. The van der Waals surface area contributed by atoms with Crippen LogP contribution >= 0.6 is 0 Å². The second-order valence-electron chi connectivity index (χ2n) is 6.53. The Morgan fingerprint density at radius 3 is 2.15 bits per heavy atom. The Balaban J connectivity index is 1.99. The van der Waals surface area contributed by atoms with Crippen LogP contribution in [-0.4, -0.2) is 21.3 Å². The minimum absolute atomic E-state index is 0.805. The lowest BCUT2D eigenvalue weighted by Gasteiger charge is -2.17. The van der Waals surface area contributed by atoms with Crippen LogP contribution in [0.15, 0.2) is 60.7 Å². The number of rotatable bonds is 4. The van der Waals surface area contributed by atoms with Crippen LogP contribution in [0.2, 0.25) is 0 Å². The van der Waals surface area contributed by atoms with Gasteiger partial charge in [0.1, 0.15) is 17.2 Å². The second-order valence-corrected chi connectivity index (χ2v) is 6.53. The van der Waals surface area contributed by atoms with Gasteiger partial charge in [0, 0.05) is 11.6 Å². The number of hydrogen-bond donors (Lipinski definition) is 0. The van der Waals surface area contributed by atoms with Gasteiger partial charge in [-0.25, -0.2) is 0 Å². The van der Waals surface area contributed by atoms with Crippen LogP contribution < -0.4 is 14.2 Å². The highest BCUT2D eigenvalue weighted by atomic mass is 16.5. The Bertz CT molecular complexity index is 1000. The van der Waals surface area contributed by atoms with E-state index in [1.165, 1.54) is 16.7 Å². The SMILES string of the molecule is COc1ccc(C2=Cc3ccccc3Cc3cc(OC)cc(OC)c32)cc1. The van der Waals surface area contributed by atoms with Crippen molar-refractivity contribution in [1.82, 2.24) is 0 Å². The Morgan fingerprint density at radius 1 is 0.704 bits per heavy atom. The van der Waals surface area contributed by atoms with Gasteiger partial charge in [-0.2, -0.15) is 0 Å². The lowest BCUT2D eigenvalue weighted by Crippen LogP contribution is -2.00. The first-order valence-electron chi connectivity index (χ1n) is 8.92. The molecule has 0 aliphatic heterocycles. The topological polar surface area (TPSA) is 27.7 Å². The monoisotopic (exact) mass is 358 g/mol. The lowest BCUT2D eigenvalue weighted by atomic mass is 9.92. The minimum atomic E-state index is 0.805. The molecular weight excluding hydrogens is 336 g/mol. The fraction of sp³-hybridized carbons (Fsp3) is 0.167. The zero-order chi connectivity index (χ0) is 18.8. The van der Waals surface area contributed by atoms with Crippen LogP contribution in [0.5, 0.6) is 17.2 Å². The molecule has 3 nitrogen and oxygen atoms in total. The molecule has 0 saturated carbocycles. The van der Waals surface area contributed by atoms with E-state index in [1.54, 1.807) is 21.3 Å². The molecule has 3 aromatic rings. The standard InChI is InChI=1S/C24H22O3/c1-25-20-10-8-16(9-11-20)22-14-18-7-5-4-6-17(18)12-19-13-21(26-2)15-23(27-3)24(19)22/h4-11,13-15H,12H2,1-3H3. The maximum Gasteiger partial charge on any atom is 0.130 e. The molecule has 136 valence electrons. The van der Waals surface area contributed by atoms with Crippen LogP contribution in [0.4, 0.5) is 0 Å². The summed E-state index contributed by atoms with van der Waals surface area (Å²) in [6.45, 7) is 0. The summed E-state index contributed by atoms with van der Waals surface area (Å²) in [6.07, 6.45) is 3.08. The molecule has 1 aliphatic rings. The van der Waals surface area contributed by atoms with E-state index in [0.29, 0.717) is 0 Å². The first-order valence-corrected chi connectivity index (χ1v) is 8.92. The van der Waals surface area contributed by atoms with Gasteiger partial charge in [0.2, 0.25) is 0 Å². The van der Waals surface area contributed by atoms with E-state index in [0.717, 1.165) is 40.4 Å². The summed E-state index contributed by atoms with van der Waals surface area (Å²) in [5.41, 5.74) is 7.07. The predicted molar refractivity (Wildman–Crippen MR) is 109 cm³/mol. The number of methoxy groups -OCH3 is 3. The number of benzene rings is 3. The number of ether oxygens (including phenoxy) is 3. The molecule has 0 aromatic heterocycles. The summed E-state index contributed by atoms with van der Waals surface area (Å²) in [5, 5.41) is 0. The van der Waals surface area contributed by atoms with E-state index in [1.807, 2.05) is 18.2 Å². The Hall–Kier alpha value is -3.20. The van der Waals surface area contributed by atoms with Gasteiger partial charge in [-0.05, 0) is 58.5 Å². The minimum Gasteiger partial charge on any atom is -0.497 e. The highest BCUT2D eigenvalue weighted by molar-refractivity contribution is 5.96. The molecule has 0 fully saturated rings. The van der Waals surface area contributed by atoms with Gasteiger partial charge in [-0.1, -0.05) is 36.4 Å². The normalized spacial score (nSPS) is 12.3. The predicted octanol–water partition coefficient (Wildman–Crippen LogP) is 5.21. The van der Waals surface area contributed by atoms with Crippen molar-refractivity contribution in [2.24, 2.45) is 0 Å². The molecule has 0 spiro atoms. The van der Waals surface area contributed by atoms with E-state index in [-0.39, 0.29) is 0 Å². The van der Waals surface area contributed by atoms with Crippen molar-refractivity contribution in [1.29, 1.82) is 0 Å². The maximum atomic E-state index is 5.76. The van der Waals surface area contributed by atoms with Gasteiger partial charge in [0.05, 0.1) is 21.3 Å². The highest BCUT2D eigenvalue weighted by Crippen LogP contribution is 2.42. The third kappa shape index (κ3) is 3.17.